The fraction of sp³-hybridized carbons (Fsp3) is 0.357. The van der Waals surface area contributed by atoms with E-state index in [1.165, 1.54) is 19.3 Å². The monoisotopic (exact) mass is 323 g/mol. The Bertz CT molecular complexity index is 545. The van der Waals surface area contributed by atoms with Gasteiger partial charge in [-0.3, -0.25) is 0 Å². The van der Waals surface area contributed by atoms with Crippen LogP contribution in [0.15, 0.2) is 34.4 Å². The molecule has 1 aromatic rings. The molecule has 1 aliphatic rings. The summed E-state index contributed by atoms with van der Waals surface area (Å²) >= 11 is 10.9. The number of nitrogens with two attached hydrogens (primary N) is 1. The van der Waals surface area contributed by atoms with Crippen LogP contribution in [0.1, 0.15) is 32.1 Å². The van der Waals surface area contributed by atoms with Gasteiger partial charge in [-0.25, -0.2) is 5.43 Å². The van der Waals surface area contributed by atoms with Gasteiger partial charge < -0.3 is 11.1 Å². The molecule has 0 unspecified atom stereocenters. The summed E-state index contributed by atoms with van der Waals surface area (Å²) in [5.74, 6) is 0.180. The lowest BCUT2D eigenvalue weighted by atomic mass is 9.99. The van der Waals surface area contributed by atoms with Crippen LogP contribution in [-0.4, -0.2) is 16.8 Å². The minimum Gasteiger partial charge on any atom is -0.368 e. The van der Waals surface area contributed by atoms with Gasteiger partial charge in [0.15, 0.2) is 0 Å². The van der Waals surface area contributed by atoms with Gasteiger partial charge in [-0.2, -0.15) is 10.1 Å². The van der Waals surface area contributed by atoms with E-state index >= 15 is 0 Å². The predicted molar refractivity (Wildman–Crippen MR) is 93.0 cm³/mol. The van der Waals surface area contributed by atoms with Gasteiger partial charge in [0.2, 0.25) is 11.1 Å². The number of hydrazone groups is 1. The standard InChI is InChI=1S/C14H18ClN5S/c15-10-6-8-11(9-7-10)17-14(21)18-13(16)20-19-12-4-2-1-3-5-12/h6-9H,1-5H2,(H4,16,17,18,20,21). The Kier molecular flexibility index (Phi) is 5.95. The highest BCUT2D eigenvalue weighted by atomic mass is 35.5. The van der Waals surface area contributed by atoms with Crippen molar-refractivity contribution in [1.29, 1.82) is 0 Å². The molecule has 1 fully saturated rings. The second-order valence-corrected chi connectivity index (χ2v) is 5.61. The van der Waals surface area contributed by atoms with Crippen molar-refractivity contribution in [3.8, 4) is 0 Å². The van der Waals surface area contributed by atoms with Crippen molar-refractivity contribution >= 4 is 46.3 Å². The second-order valence-electron chi connectivity index (χ2n) is 4.78. The van der Waals surface area contributed by atoms with E-state index < -0.39 is 0 Å². The van der Waals surface area contributed by atoms with Crippen LogP contribution in [0.25, 0.3) is 0 Å². The number of hydrogen-bond donors (Lipinski definition) is 3. The summed E-state index contributed by atoms with van der Waals surface area (Å²) in [5.41, 5.74) is 10.4. The molecule has 0 amide bonds. The first-order valence-corrected chi connectivity index (χ1v) is 7.64. The van der Waals surface area contributed by atoms with Crippen LogP contribution >= 0.6 is 23.8 Å². The van der Waals surface area contributed by atoms with E-state index in [1.807, 2.05) is 12.1 Å². The summed E-state index contributed by atoms with van der Waals surface area (Å²) in [5, 5.41) is 8.15. The molecule has 0 aliphatic heterocycles. The Morgan fingerprint density at radius 1 is 1.14 bits per heavy atom. The number of hydrogen-bond acceptors (Lipinski definition) is 2. The summed E-state index contributed by atoms with van der Waals surface area (Å²) in [6.45, 7) is 0. The summed E-state index contributed by atoms with van der Waals surface area (Å²) in [6, 6.07) is 7.17. The molecule has 5 nitrogen and oxygen atoms in total. The van der Waals surface area contributed by atoms with E-state index in [1.54, 1.807) is 12.1 Å². The second kappa shape index (κ2) is 7.95. The molecule has 7 heteroatoms. The molecule has 4 N–H and O–H groups in total. The maximum absolute atomic E-state index is 5.81. The molecule has 0 atom stereocenters. The highest BCUT2D eigenvalue weighted by Gasteiger charge is 2.06. The quantitative estimate of drug-likeness (QED) is 0.338. The molecular formula is C14H18ClN5S. The lowest BCUT2D eigenvalue weighted by Gasteiger charge is -2.12. The molecule has 112 valence electrons. The van der Waals surface area contributed by atoms with Crippen LogP contribution in [0, 0.1) is 0 Å². The minimum atomic E-state index is 0.180. The Labute approximate surface area is 134 Å². The zero-order valence-corrected chi connectivity index (χ0v) is 13.2. The van der Waals surface area contributed by atoms with Gasteiger partial charge in [0.05, 0.1) is 0 Å². The average molecular weight is 324 g/mol. The lowest BCUT2D eigenvalue weighted by molar-refractivity contribution is 0.661. The topological polar surface area (TPSA) is 74.8 Å². The molecule has 21 heavy (non-hydrogen) atoms. The van der Waals surface area contributed by atoms with Crippen LogP contribution in [0.2, 0.25) is 5.02 Å². The number of aliphatic imine (C=N–C) groups is 1. The van der Waals surface area contributed by atoms with Crippen molar-refractivity contribution in [2.45, 2.75) is 32.1 Å². The first-order chi connectivity index (χ1) is 10.1. The molecular weight excluding hydrogens is 306 g/mol. The van der Waals surface area contributed by atoms with Gasteiger partial charge >= 0.3 is 0 Å². The summed E-state index contributed by atoms with van der Waals surface area (Å²) in [7, 11) is 0. The van der Waals surface area contributed by atoms with Gasteiger partial charge in [0.25, 0.3) is 0 Å². The zero-order valence-electron chi connectivity index (χ0n) is 11.6. The van der Waals surface area contributed by atoms with Gasteiger partial charge in [0.1, 0.15) is 0 Å². The van der Waals surface area contributed by atoms with E-state index in [-0.39, 0.29) is 11.1 Å². The van der Waals surface area contributed by atoms with Crippen LogP contribution in [0.3, 0.4) is 0 Å². The van der Waals surface area contributed by atoms with E-state index in [2.05, 4.69) is 20.8 Å². The van der Waals surface area contributed by atoms with Gasteiger partial charge in [-0.05, 0) is 62.2 Å². The molecule has 0 saturated heterocycles. The number of thiocarbonyl (C=S) groups is 1. The number of nitrogens with one attached hydrogen (secondary N) is 2. The molecule has 0 radical (unpaired) electrons. The molecule has 0 spiro atoms. The zero-order chi connectivity index (χ0) is 15.1. The van der Waals surface area contributed by atoms with E-state index in [0.29, 0.717) is 5.02 Å². The minimum absolute atomic E-state index is 0.180. The molecule has 1 aromatic carbocycles. The van der Waals surface area contributed by atoms with Crippen molar-refractivity contribution < 1.29 is 0 Å². The Morgan fingerprint density at radius 2 is 1.81 bits per heavy atom. The van der Waals surface area contributed by atoms with Crippen molar-refractivity contribution in [3.63, 3.8) is 0 Å². The van der Waals surface area contributed by atoms with Crippen molar-refractivity contribution in [1.82, 2.24) is 5.43 Å². The summed E-state index contributed by atoms with van der Waals surface area (Å²) < 4.78 is 0. The van der Waals surface area contributed by atoms with Gasteiger partial charge in [-0.15, -0.1) is 0 Å². The third-order valence-corrected chi connectivity index (χ3v) is 3.52. The van der Waals surface area contributed by atoms with Crippen LogP contribution < -0.4 is 16.5 Å². The van der Waals surface area contributed by atoms with Crippen molar-refractivity contribution in [2.75, 3.05) is 5.32 Å². The molecule has 1 saturated carbocycles. The smallest absolute Gasteiger partial charge is 0.216 e. The van der Waals surface area contributed by atoms with Gasteiger partial charge in [0, 0.05) is 16.4 Å². The molecule has 0 bridgehead atoms. The number of anilines is 1. The molecule has 1 aliphatic carbocycles. The first kappa shape index (κ1) is 15.7. The Morgan fingerprint density at radius 3 is 2.48 bits per heavy atom. The highest BCUT2D eigenvalue weighted by molar-refractivity contribution is 7.80. The number of guanidine groups is 1. The first-order valence-electron chi connectivity index (χ1n) is 6.85. The Hall–Kier alpha value is -1.66. The fourth-order valence-corrected chi connectivity index (χ4v) is 2.37. The third-order valence-electron chi connectivity index (χ3n) is 3.08. The maximum Gasteiger partial charge on any atom is 0.216 e. The number of nitrogens with zero attached hydrogens (tertiary/aromatic N) is 2. The predicted octanol–water partition coefficient (Wildman–Crippen LogP) is 3.26. The van der Waals surface area contributed by atoms with Crippen LogP contribution in [0.5, 0.6) is 0 Å². The number of halogens is 1. The average Bonchev–Trinajstić information content (AvgIpc) is 2.48. The van der Waals surface area contributed by atoms with Crippen molar-refractivity contribution in [2.24, 2.45) is 15.8 Å². The normalized spacial score (nSPS) is 15.5. The Balaban J connectivity index is 1.85. The van der Waals surface area contributed by atoms with Crippen LogP contribution in [-0.2, 0) is 0 Å². The fourth-order valence-electron chi connectivity index (χ4n) is 2.03. The maximum atomic E-state index is 5.81. The van der Waals surface area contributed by atoms with E-state index in [4.69, 9.17) is 29.6 Å². The largest absolute Gasteiger partial charge is 0.368 e. The van der Waals surface area contributed by atoms with Crippen molar-refractivity contribution in [3.05, 3.63) is 29.3 Å². The number of benzene rings is 1. The molecule has 0 aromatic heterocycles. The van der Waals surface area contributed by atoms with Crippen LogP contribution in [0.4, 0.5) is 5.69 Å². The highest BCUT2D eigenvalue weighted by Crippen LogP contribution is 2.14. The van der Waals surface area contributed by atoms with Gasteiger partial charge in [-0.1, -0.05) is 18.0 Å². The molecule has 2 rings (SSSR count). The number of rotatable bonds is 2. The SMILES string of the molecule is N/C(=N\C(=S)Nc1ccc(Cl)cc1)NN=C1CCCCC1. The van der Waals surface area contributed by atoms with E-state index in [9.17, 15) is 0 Å². The lowest BCUT2D eigenvalue weighted by Crippen LogP contribution is -2.30. The summed E-state index contributed by atoms with van der Waals surface area (Å²) in [6.07, 6.45) is 5.70. The van der Waals surface area contributed by atoms with E-state index in [0.717, 1.165) is 24.2 Å². The third kappa shape index (κ3) is 5.69. The summed E-state index contributed by atoms with van der Waals surface area (Å²) in [4.78, 5) is 4.04. The molecule has 0 heterocycles.